The molecular weight excluding hydrogens is 244 g/mol. The number of likely N-dealkylation sites (tertiary alicyclic amines) is 1. The van der Waals surface area contributed by atoms with E-state index in [1.807, 2.05) is 20.8 Å². The molecule has 0 aromatic rings. The first-order valence-electron chi connectivity index (χ1n) is 7.23. The van der Waals surface area contributed by atoms with Crippen LogP contribution in [0.4, 0.5) is 0 Å². The second-order valence-electron chi connectivity index (χ2n) is 5.29. The molecule has 0 spiro atoms. The molecule has 1 atom stereocenters. The zero-order chi connectivity index (χ0) is 14.3. The quantitative estimate of drug-likeness (QED) is 0.675. The van der Waals surface area contributed by atoms with Gasteiger partial charge in [-0.1, -0.05) is 0 Å². The molecule has 1 rings (SSSR count). The molecule has 0 aliphatic carbocycles. The van der Waals surface area contributed by atoms with Crippen molar-refractivity contribution >= 4 is 5.91 Å². The molecule has 19 heavy (non-hydrogen) atoms. The topological polar surface area (TPSA) is 50.8 Å². The Balaban J connectivity index is 2.37. The molecule has 5 heteroatoms. The zero-order valence-corrected chi connectivity index (χ0v) is 12.7. The smallest absolute Gasteiger partial charge is 0.227 e. The molecule has 0 bridgehead atoms. The molecule has 1 fully saturated rings. The predicted octanol–water partition coefficient (Wildman–Crippen LogP) is 1.23. The van der Waals surface area contributed by atoms with Crippen molar-refractivity contribution in [3.05, 3.63) is 0 Å². The third-order valence-electron chi connectivity index (χ3n) is 3.71. The normalized spacial score (nSPS) is 24.1. The van der Waals surface area contributed by atoms with Crippen LogP contribution in [0, 0.1) is 5.41 Å². The number of hydrogen-bond acceptors (Lipinski definition) is 4. The molecule has 1 amide bonds. The van der Waals surface area contributed by atoms with Crippen molar-refractivity contribution in [1.82, 2.24) is 10.2 Å². The summed E-state index contributed by atoms with van der Waals surface area (Å²) < 4.78 is 11.1. The summed E-state index contributed by atoms with van der Waals surface area (Å²) in [6, 6.07) is 0. The van der Waals surface area contributed by atoms with Crippen LogP contribution in [0.2, 0.25) is 0 Å². The van der Waals surface area contributed by atoms with Crippen molar-refractivity contribution in [3.8, 4) is 0 Å². The lowest BCUT2D eigenvalue weighted by molar-refractivity contribution is -0.141. The summed E-state index contributed by atoms with van der Waals surface area (Å²) in [6.45, 7) is 10.0. The van der Waals surface area contributed by atoms with Crippen LogP contribution in [0.3, 0.4) is 0 Å². The lowest BCUT2D eigenvalue weighted by Crippen LogP contribution is -2.39. The number of carbonyl (C=O) groups excluding carboxylic acids is 1. The molecule has 1 saturated heterocycles. The van der Waals surface area contributed by atoms with Gasteiger partial charge in [0.05, 0.1) is 5.41 Å². The van der Waals surface area contributed by atoms with Crippen LogP contribution in [-0.2, 0) is 14.3 Å². The van der Waals surface area contributed by atoms with Crippen molar-refractivity contribution in [2.45, 2.75) is 39.9 Å². The van der Waals surface area contributed by atoms with E-state index in [1.54, 1.807) is 7.05 Å². The molecule has 0 aromatic heterocycles. The number of nitrogens with one attached hydrogen (secondary N) is 1. The number of hydrogen-bond donors (Lipinski definition) is 1. The van der Waals surface area contributed by atoms with E-state index in [9.17, 15) is 4.79 Å². The second kappa shape index (κ2) is 7.82. The van der Waals surface area contributed by atoms with Crippen LogP contribution in [0.15, 0.2) is 0 Å². The van der Waals surface area contributed by atoms with Gasteiger partial charge < -0.3 is 19.7 Å². The van der Waals surface area contributed by atoms with Gasteiger partial charge in [-0.05, 0) is 33.7 Å². The maximum absolute atomic E-state index is 11.8. The molecule has 0 aromatic carbocycles. The van der Waals surface area contributed by atoms with E-state index in [0.717, 1.165) is 32.5 Å². The monoisotopic (exact) mass is 272 g/mol. The molecule has 112 valence electrons. The highest BCUT2D eigenvalue weighted by molar-refractivity contribution is 5.82. The van der Waals surface area contributed by atoms with E-state index in [4.69, 9.17) is 9.47 Å². The van der Waals surface area contributed by atoms with Gasteiger partial charge in [0.15, 0.2) is 6.29 Å². The molecule has 1 heterocycles. The second-order valence-corrected chi connectivity index (χ2v) is 5.29. The maximum Gasteiger partial charge on any atom is 0.227 e. The highest BCUT2D eigenvalue weighted by Crippen LogP contribution is 2.30. The Morgan fingerprint density at radius 2 is 2.00 bits per heavy atom. The van der Waals surface area contributed by atoms with E-state index in [0.29, 0.717) is 13.2 Å². The number of rotatable bonds is 8. The molecule has 1 N–H and O–H groups in total. The minimum Gasteiger partial charge on any atom is -0.359 e. The summed E-state index contributed by atoms with van der Waals surface area (Å²) in [5, 5.41) is 2.76. The standard InChI is InChI=1S/C14H28N2O3/c1-5-18-12(19-6-2)7-9-16-10-8-14(3,11-16)13(17)15-4/h12H,5-11H2,1-4H3,(H,15,17). The lowest BCUT2D eigenvalue weighted by atomic mass is 9.89. The molecule has 1 aliphatic rings. The van der Waals surface area contributed by atoms with Crippen LogP contribution in [-0.4, -0.2) is 57.0 Å². The van der Waals surface area contributed by atoms with Crippen molar-refractivity contribution in [3.63, 3.8) is 0 Å². The molecule has 5 nitrogen and oxygen atoms in total. The van der Waals surface area contributed by atoms with Gasteiger partial charge in [0.2, 0.25) is 5.91 Å². The average Bonchev–Trinajstić information content (AvgIpc) is 2.79. The van der Waals surface area contributed by atoms with Crippen LogP contribution in [0.25, 0.3) is 0 Å². The lowest BCUT2D eigenvalue weighted by Gasteiger charge is -2.24. The van der Waals surface area contributed by atoms with Gasteiger partial charge in [-0.3, -0.25) is 4.79 Å². The number of carbonyl (C=O) groups is 1. The minimum absolute atomic E-state index is 0.123. The van der Waals surface area contributed by atoms with E-state index in [1.165, 1.54) is 0 Å². The van der Waals surface area contributed by atoms with Crippen molar-refractivity contribution in [1.29, 1.82) is 0 Å². The first-order valence-corrected chi connectivity index (χ1v) is 7.23. The summed E-state index contributed by atoms with van der Waals surface area (Å²) in [7, 11) is 1.70. The van der Waals surface area contributed by atoms with E-state index in [-0.39, 0.29) is 17.6 Å². The molecule has 1 aliphatic heterocycles. The van der Waals surface area contributed by atoms with Crippen LogP contribution in [0.5, 0.6) is 0 Å². The zero-order valence-electron chi connectivity index (χ0n) is 12.7. The van der Waals surface area contributed by atoms with Gasteiger partial charge in [-0.25, -0.2) is 0 Å². The van der Waals surface area contributed by atoms with Gasteiger partial charge in [-0.2, -0.15) is 0 Å². The maximum atomic E-state index is 11.8. The number of ether oxygens (including phenoxy) is 2. The van der Waals surface area contributed by atoms with Gasteiger partial charge in [0.25, 0.3) is 0 Å². The summed E-state index contributed by atoms with van der Waals surface area (Å²) in [4.78, 5) is 14.2. The summed E-state index contributed by atoms with van der Waals surface area (Å²) in [5.41, 5.74) is -0.249. The highest BCUT2D eigenvalue weighted by Gasteiger charge is 2.39. The Hall–Kier alpha value is -0.650. The summed E-state index contributed by atoms with van der Waals surface area (Å²) in [6.07, 6.45) is 1.65. The first-order chi connectivity index (χ1) is 9.05. The number of amides is 1. The predicted molar refractivity (Wildman–Crippen MR) is 74.9 cm³/mol. The Labute approximate surface area is 116 Å². The highest BCUT2D eigenvalue weighted by atomic mass is 16.7. The Kier molecular flexibility index (Phi) is 6.75. The molecule has 0 radical (unpaired) electrons. The van der Waals surface area contributed by atoms with Gasteiger partial charge in [0, 0.05) is 39.8 Å². The van der Waals surface area contributed by atoms with E-state index in [2.05, 4.69) is 10.2 Å². The summed E-state index contributed by atoms with van der Waals surface area (Å²) >= 11 is 0. The SMILES string of the molecule is CCOC(CCN1CCC(C)(C(=O)NC)C1)OCC. The molecular formula is C14H28N2O3. The Morgan fingerprint density at radius 3 is 2.53 bits per heavy atom. The number of nitrogens with zero attached hydrogens (tertiary/aromatic N) is 1. The fourth-order valence-electron chi connectivity index (χ4n) is 2.61. The van der Waals surface area contributed by atoms with Crippen LogP contribution >= 0.6 is 0 Å². The van der Waals surface area contributed by atoms with Crippen molar-refractivity contribution < 1.29 is 14.3 Å². The Bertz CT molecular complexity index is 280. The molecule has 1 unspecified atom stereocenters. The third-order valence-corrected chi connectivity index (χ3v) is 3.71. The Morgan fingerprint density at radius 1 is 1.37 bits per heavy atom. The van der Waals surface area contributed by atoms with E-state index >= 15 is 0 Å². The van der Waals surface area contributed by atoms with Crippen LogP contribution in [0.1, 0.15) is 33.6 Å². The van der Waals surface area contributed by atoms with Crippen LogP contribution < -0.4 is 5.32 Å². The van der Waals surface area contributed by atoms with Gasteiger partial charge in [-0.15, -0.1) is 0 Å². The largest absolute Gasteiger partial charge is 0.359 e. The minimum atomic E-state index is -0.249. The third kappa shape index (κ3) is 4.75. The van der Waals surface area contributed by atoms with Crippen molar-refractivity contribution in [2.24, 2.45) is 5.41 Å². The fraction of sp³-hybridized carbons (Fsp3) is 0.929. The van der Waals surface area contributed by atoms with E-state index < -0.39 is 0 Å². The first kappa shape index (κ1) is 16.4. The molecule has 0 saturated carbocycles. The average molecular weight is 272 g/mol. The van der Waals surface area contributed by atoms with Gasteiger partial charge >= 0.3 is 0 Å². The fourth-order valence-corrected chi connectivity index (χ4v) is 2.61. The summed E-state index contributed by atoms with van der Waals surface area (Å²) in [5.74, 6) is 0.140. The van der Waals surface area contributed by atoms with Gasteiger partial charge in [0.1, 0.15) is 0 Å². The van der Waals surface area contributed by atoms with Crippen molar-refractivity contribution in [2.75, 3.05) is 39.9 Å².